The van der Waals surface area contributed by atoms with Gasteiger partial charge in [-0.25, -0.2) is 8.78 Å². The molecule has 0 bridgehead atoms. The van der Waals surface area contributed by atoms with E-state index in [9.17, 15) is 8.78 Å². The Balaban J connectivity index is 1.90. The van der Waals surface area contributed by atoms with Gasteiger partial charge in [0, 0.05) is 10.6 Å². The predicted octanol–water partition coefficient (Wildman–Crippen LogP) is 7.29. The lowest BCUT2D eigenvalue weighted by Crippen LogP contribution is -1.93. The van der Waals surface area contributed by atoms with Crippen LogP contribution in [0.4, 0.5) is 8.78 Å². The van der Waals surface area contributed by atoms with Crippen LogP contribution < -0.4 is 0 Å². The van der Waals surface area contributed by atoms with Gasteiger partial charge in [0.15, 0.2) is 0 Å². The second kappa shape index (κ2) is 7.79. The first-order valence-corrected chi connectivity index (χ1v) is 8.80. The third-order valence-corrected chi connectivity index (χ3v) is 4.56. The Bertz CT molecular complexity index is 870. The van der Waals surface area contributed by atoms with Gasteiger partial charge < -0.3 is 0 Å². The number of hydrogen-bond donors (Lipinski definition) is 0. The maximum absolute atomic E-state index is 14.6. The van der Waals surface area contributed by atoms with E-state index in [1.54, 1.807) is 30.3 Å². The third kappa shape index (κ3) is 4.08. The highest BCUT2D eigenvalue weighted by molar-refractivity contribution is 6.30. The van der Waals surface area contributed by atoms with Gasteiger partial charge in [0.05, 0.1) is 0 Å². The van der Waals surface area contributed by atoms with Crippen LogP contribution in [0.1, 0.15) is 25.3 Å². The number of halogens is 3. The number of unbranched alkanes of at least 4 members (excludes halogenated alkanes) is 1. The Hall–Kier alpha value is -2.19. The molecule has 3 heteroatoms. The second-order valence-electron chi connectivity index (χ2n) is 6.11. The molecular formula is C22H19ClF2. The molecular weight excluding hydrogens is 338 g/mol. The molecule has 0 saturated carbocycles. The molecule has 0 spiro atoms. The summed E-state index contributed by atoms with van der Waals surface area (Å²) in [6.07, 6.45) is 2.67. The Morgan fingerprint density at radius 1 is 0.760 bits per heavy atom. The lowest BCUT2D eigenvalue weighted by atomic mass is 9.98. The monoisotopic (exact) mass is 356 g/mol. The first-order chi connectivity index (χ1) is 12.1. The summed E-state index contributed by atoms with van der Waals surface area (Å²) in [7, 11) is 0. The first kappa shape index (κ1) is 17.6. The molecule has 3 aromatic carbocycles. The zero-order valence-electron chi connectivity index (χ0n) is 14.0. The van der Waals surface area contributed by atoms with Gasteiger partial charge in [-0.1, -0.05) is 61.3 Å². The van der Waals surface area contributed by atoms with Crippen LogP contribution in [-0.4, -0.2) is 0 Å². The summed E-state index contributed by atoms with van der Waals surface area (Å²) in [6.45, 7) is 2.07. The average molecular weight is 357 g/mol. The molecule has 0 aliphatic heterocycles. The summed E-state index contributed by atoms with van der Waals surface area (Å²) < 4.78 is 28.8. The second-order valence-corrected chi connectivity index (χ2v) is 6.55. The summed E-state index contributed by atoms with van der Waals surface area (Å²) in [4.78, 5) is 0. The van der Waals surface area contributed by atoms with Crippen LogP contribution in [0, 0.1) is 11.6 Å². The van der Waals surface area contributed by atoms with Gasteiger partial charge in [0.1, 0.15) is 11.6 Å². The summed E-state index contributed by atoms with van der Waals surface area (Å²) in [6, 6.07) is 17.2. The maximum atomic E-state index is 14.6. The highest BCUT2D eigenvalue weighted by Crippen LogP contribution is 2.29. The van der Waals surface area contributed by atoms with E-state index in [4.69, 9.17) is 11.6 Å². The molecule has 0 heterocycles. The SMILES string of the molecule is CCCCc1ccc(-c2ccc(-c3ccc(Cl)cc3)cc2F)cc1F. The minimum absolute atomic E-state index is 0.271. The van der Waals surface area contributed by atoms with Crippen LogP contribution in [0.25, 0.3) is 22.3 Å². The van der Waals surface area contributed by atoms with Crippen LogP contribution in [-0.2, 0) is 6.42 Å². The van der Waals surface area contributed by atoms with Gasteiger partial charge in [-0.15, -0.1) is 0 Å². The summed E-state index contributed by atoms with van der Waals surface area (Å²) in [5, 5.41) is 0.638. The van der Waals surface area contributed by atoms with Crippen molar-refractivity contribution in [3.63, 3.8) is 0 Å². The van der Waals surface area contributed by atoms with Crippen molar-refractivity contribution in [1.29, 1.82) is 0 Å². The van der Waals surface area contributed by atoms with Crippen LogP contribution in [0.3, 0.4) is 0 Å². The molecule has 0 aliphatic carbocycles. The molecule has 0 aliphatic rings. The first-order valence-electron chi connectivity index (χ1n) is 8.43. The maximum Gasteiger partial charge on any atom is 0.131 e. The Kier molecular flexibility index (Phi) is 5.50. The van der Waals surface area contributed by atoms with E-state index in [-0.39, 0.29) is 11.6 Å². The molecule has 0 unspecified atom stereocenters. The Labute approximate surface area is 152 Å². The molecule has 0 nitrogen and oxygen atoms in total. The fourth-order valence-corrected chi connectivity index (χ4v) is 2.98. The molecule has 0 aromatic heterocycles. The quantitative estimate of drug-likeness (QED) is 0.450. The van der Waals surface area contributed by atoms with Crippen LogP contribution >= 0.6 is 11.6 Å². The van der Waals surface area contributed by atoms with E-state index in [1.807, 2.05) is 18.2 Å². The minimum atomic E-state index is -0.367. The molecule has 0 amide bonds. The zero-order chi connectivity index (χ0) is 17.8. The lowest BCUT2D eigenvalue weighted by Gasteiger charge is -2.09. The highest BCUT2D eigenvalue weighted by Gasteiger charge is 2.10. The van der Waals surface area contributed by atoms with Gasteiger partial charge >= 0.3 is 0 Å². The fraction of sp³-hybridized carbons (Fsp3) is 0.182. The largest absolute Gasteiger partial charge is 0.207 e. The lowest BCUT2D eigenvalue weighted by molar-refractivity contribution is 0.603. The van der Waals surface area contributed by atoms with E-state index in [0.29, 0.717) is 28.1 Å². The van der Waals surface area contributed by atoms with Crippen molar-refractivity contribution >= 4 is 11.6 Å². The smallest absolute Gasteiger partial charge is 0.131 e. The van der Waals surface area contributed by atoms with E-state index in [2.05, 4.69) is 6.92 Å². The zero-order valence-corrected chi connectivity index (χ0v) is 14.8. The predicted molar refractivity (Wildman–Crippen MR) is 101 cm³/mol. The molecule has 128 valence electrons. The number of benzene rings is 3. The number of aryl methyl sites for hydroxylation is 1. The Morgan fingerprint density at radius 3 is 2.04 bits per heavy atom. The fourth-order valence-electron chi connectivity index (χ4n) is 2.86. The Morgan fingerprint density at radius 2 is 1.40 bits per heavy atom. The molecule has 0 atom stereocenters. The van der Waals surface area contributed by atoms with Crippen molar-refractivity contribution in [2.45, 2.75) is 26.2 Å². The van der Waals surface area contributed by atoms with Gasteiger partial charge in [0.2, 0.25) is 0 Å². The van der Waals surface area contributed by atoms with Crippen molar-refractivity contribution in [3.8, 4) is 22.3 Å². The topological polar surface area (TPSA) is 0 Å². The van der Waals surface area contributed by atoms with E-state index in [0.717, 1.165) is 24.0 Å². The molecule has 3 rings (SSSR count). The van der Waals surface area contributed by atoms with Gasteiger partial charge in [0.25, 0.3) is 0 Å². The summed E-state index contributed by atoms with van der Waals surface area (Å²) in [5.74, 6) is -0.639. The van der Waals surface area contributed by atoms with E-state index >= 15 is 0 Å². The normalized spacial score (nSPS) is 10.9. The molecule has 0 radical (unpaired) electrons. The minimum Gasteiger partial charge on any atom is -0.207 e. The average Bonchev–Trinajstić information content (AvgIpc) is 2.61. The van der Waals surface area contributed by atoms with E-state index < -0.39 is 0 Å². The van der Waals surface area contributed by atoms with Gasteiger partial charge in [-0.3, -0.25) is 0 Å². The molecule has 3 aromatic rings. The van der Waals surface area contributed by atoms with Gasteiger partial charge in [-0.05, 0) is 59.4 Å². The molecule has 0 saturated heterocycles. The third-order valence-electron chi connectivity index (χ3n) is 4.31. The number of hydrogen-bond acceptors (Lipinski definition) is 0. The number of rotatable bonds is 5. The van der Waals surface area contributed by atoms with Crippen molar-refractivity contribution in [2.24, 2.45) is 0 Å². The summed E-state index contributed by atoms with van der Waals surface area (Å²) >= 11 is 5.89. The van der Waals surface area contributed by atoms with Gasteiger partial charge in [-0.2, -0.15) is 0 Å². The van der Waals surface area contributed by atoms with Crippen molar-refractivity contribution in [1.82, 2.24) is 0 Å². The van der Waals surface area contributed by atoms with Crippen LogP contribution in [0.5, 0.6) is 0 Å². The molecule has 0 fully saturated rings. The van der Waals surface area contributed by atoms with E-state index in [1.165, 1.54) is 12.1 Å². The van der Waals surface area contributed by atoms with Crippen molar-refractivity contribution in [2.75, 3.05) is 0 Å². The van der Waals surface area contributed by atoms with Crippen LogP contribution in [0.2, 0.25) is 5.02 Å². The van der Waals surface area contributed by atoms with Crippen molar-refractivity contribution < 1.29 is 8.78 Å². The molecule has 25 heavy (non-hydrogen) atoms. The standard InChI is InChI=1S/C22H19ClF2/c1-2-3-4-16-5-6-18(14-21(16)24)20-12-9-17(13-22(20)25)15-7-10-19(23)11-8-15/h5-14H,2-4H2,1H3. The highest BCUT2D eigenvalue weighted by atomic mass is 35.5. The van der Waals surface area contributed by atoms with Crippen LogP contribution in [0.15, 0.2) is 60.7 Å². The molecule has 0 N–H and O–H groups in total. The summed E-state index contributed by atoms with van der Waals surface area (Å²) in [5.41, 5.74) is 3.29. The van der Waals surface area contributed by atoms with Crippen molar-refractivity contribution in [3.05, 3.63) is 82.9 Å².